The van der Waals surface area contributed by atoms with E-state index in [4.69, 9.17) is 9.84 Å². The van der Waals surface area contributed by atoms with Crippen LogP contribution in [0.5, 0.6) is 0 Å². The highest BCUT2D eigenvalue weighted by Gasteiger charge is 2.12. The number of nitrogens with zero attached hydrogens (tertiary/aromatic N) is 5. The number of aliphatic hydroxyl groups excluding tert-OH is 1. The number of hydrogen-bond acceptors (Lipinski definition) is 7. The molecule has 0 radical (unpaired) electrons. The summed E-state index contributed by atoms with van der Waals surface area (Å²) in [5, 5.41) is 29.5. The standard InChI is InChI=1S/C22H24N6O2/c1-15(2)26-19-6-5-17(11-18(19)12-23)22(27-24-3)30-13-16-4-7-21-20(10-16)25-14-28(21)8-9-29/h4-7,10-11,14-15,26,29H,3,8-9,13H2,1-2H3/b27-22-. The maximum Gasteiger partial charge on any atom is 0.241 e. The lowest BCUT2D eigenvalue weighted by molar-refractivity contribution is 0.278. The van der Waals surface area contributed by atoms with Crippen LogP contribution in [0.2, 0.25) is 0 Å². The molecule has 0 spiro atoms. The second kappa shape index (κ2) is 9.67. The molecule has 3 rings (SSSR count). The van der Waals surface area contributed by atoms with Gasteiger partial charge in [0.05, 0.1) is 35.2 Å². The summed E-state index contributed by atoms with van der Waals surface area (Å²) in [6.45, 7) is 8.24. The highest BCUT2D eigenvalue weighted by atomic mass is 16.5. The molecular weight excluding hydrogens is 380 g/mol. The van der Waals surface area contributed by atoms with Gasteiger partial charge < -0.3 is 19.7 Å². The highest BCUT2D eigenvalue weighted by Crippen LogP contribution is 2.20. The van der Waals surface area contributed by atoms with E-state index in [0.717, 1.165) is 22.3 Å². The number of nitriles is 1. The molecule has 0 amide bonds. The van der Waals surface area contributed by atoms with Crippen LogP contribution in [0.1, 0.15) is 30.5 Å². The molecule has 30 heavy (non-hydrogen) atoms. The maximum atomic E-state index is 9.49. The van der Waals surface area contributed by atoms with E-state index < -0.39 is 0 Å². The predicted octanol–water partition coefficient (Wildman–Crippen LogP) is 3.30. The fourth-order valence-corrected chi connectivity index (χ4v) is 3.08. The molecule has 0 saturated heterocycles. The summed E-state index contributed by atoms with van der Waals surface area (Å²) in [7, 11) is 0. The first-order valence-electron chi connectivity index (χ1n) is 9.58. The van der Waals surface area contributed by atoms with Gasteiger partial charge in [0.25, 0.3) is 0 Å². The van der Waals surface area contributed by atoms with Gasteiger partial charge in [0, 0.05) is 24.9 Å². The second-order valence-corrected chi connectivity index (χ2v) is 6.99. The third-order valence-corrected chi connectivity index (χ3v) is 4.39. The summed E-state index contributed by atoms with van der Waals surface area (Å²) in [4.78, 5) is 4.37. The van der Waals surface area contributed by atoms with Gasteiger partial charge in [0.15, 0.2) is 0 Å². The van der Waals surface area contributed by atoms with E-state index in [1.54, 1.807) is 12.4 Å². The Hall–Kier alpha value is -3.70. The zero-order chi connectivity index (χ0) is 21.5. The Morgan fingerprint density at radius 1 is 1.33 bits per heavy atom. The lowest BCUT2D eigenvalue weighted by Gasteiger charge is -2.14. The van der Waals surface area contributed by atoms with E-state index in [0.29, 0.717) is 17.7 Å². The SMILES string of the molecule is C=N/N=C(\OCc1ccc2c(c1)ncn2CCO)c1ccc(NC(C)C)c(C#N)c1. The molecule has 3 aromatic rings. The molecule has 0 unspecified atom stereocenters. The largest absolute Gasteiger partial charge is 0.471 e. The summed E-state index contributed by atoms with van der Waals surface area (Å²) in [6.07, 6.45) is 1.70. The van der Waals surface area contributed by atoms with Crippen LogP contribution in [-0.2, 0) is 17.9 Å². The molecule has 0 aliphatic heterocycles. The average molecular weight is 404 g/mol. The van der Waals surface area contributed by atoms with Crippen LogP contribution in [0.25, 0.3) is 11.0 Å². The molecule has 0 aliphatic rings. The number of imidazole rings is 1. The Kier molecular flexibility index (Phi) is 6.78. The van der Waals surface area contributed by atoms with Crippen LogP contribution in [0, 0.1) is 11.3 Å². The predicted molar refractivity (Wildman–Crippen MR) is 118 cm³/mol. The first-order valence-corrected chi connectivity index (χ1v) is 9.58. The molecule has 0 atom stereocenters. The minimum absolute atomic E-state index is 0.0564. The molecule has 2 aromatic carbocycles. The molecule has 8 heteroatoms. The first-order chi connectivity index (χ1) is 14.5. The molecule has 1 heterocycles. The van der Waals surface area contributed by atoms with Gasteiger partial charge in [-0.1, -0.05) is 6.07 Å². The summed E-state index contributed by atoms with van der Waals surface area (Å²) >= 11 is 0. The van der Waals surface area contributed by atoms with Crippen LogP contribution in [0.4, 0.5) is 5.69 Å². The fourth-order valence-electron chi connectivity index (χ4n) is 3.08. The third-order valence-electron chi connectivity index (χ3n) is 4.39. The quantitative estimate of drug-likeness (QED) is 0.340. The Bertz CT molecular complexity index is 1110. The van der Waals surface area contributed by atoms with Crippen LogP contribution in [0.15, 0.2) is 52.9 Å². The molecule has 2 N–H and O–H groups in total. The van der Waals surface area contributed by atoms with E-state index in [-0.39, 0.29) is 25.2 Å². The summed E-state index contributed by atoms with van der Waals surface area (Å²) in [6, 6.07) is 13.6. The van der Waals surface area contributed by atoms with E-state index in [1.807, 2.05) is 48.7 Å². The lowest BCUT2D eigenvalue weighted by atomic mass is 10.1. The van der Waals surface area contributed by atoms with E-state index in [9.17, 15) is 5.26 Å². The summed E-state index contributed by atoms with van der Waals surface area (Å²) < 4.78 is 7.78. The van der Waals surface area contributed by atoms with Crippen LogP contribution in [-0.4, -0.2) is 39.9 Å². The maximum absolute atomic E-state index is 9.49. The number of aliphatic hydroxyl groups is 1. The number of nitrogens with one attached hydrogen (secondary N) is 1. The monoisotopic (exact) mass is 404 g/mol. The van der Waals surface area contributed by atoms with Gasteiger partial charge in [-0.3, -0.25) is 0 Å². The Balaban J connectivity index is 1.80. The number of fused-ring (bicyclic) bond motifs is 1. The van der Waals surface area contributed by atoms with Crippen LogP contribution < -0.4 is 5.32 Å². The Morgan fingerprint density at radius 2 is 2.17 bits per heavy atom. The molecule has 154 valence electrons. The zero-order valence-electron chi connectivity index (χ0n) is 17.0. The van der Waals surface area contributed by atoms with Gasteiger partial charge in [0.1, 0.15) is 12.7 Å². The highest BCUT2D eigenvalue weighted by molar-refractivity contribution is 5.95. The van der Waals surface area contributed by atoms with Crippen molar-refractivity contribution in [2.24, 2.45) is 10.2 Å². The van der Waals surface area contributed by atoms with Gasteiger partial charge in [-0.25, -0.2) is 4.98 Å². The zero-order valence-corrected chi connectivity index (χ0v) is 17.0. The van der Waals surface area contributed by atoms with Gasteiger partial charge >= 0.3 is 0 Å². The minimum atomic E-state index is 0.0564. The summed E-state index contributed by atoms with van der Waals surface area (Å²) in [5.41, 5.74) is 4.57. The van der Waals surface area contributed by atoms with E-state index >= 15 is 0 Å². The van der Waals surface area contributed by atoms with Crippen molar-refractivity contribution >= 4 is 29.3 Å². The second-order valence-electron chi connectivity index (χ2n) is 6.99. The number of rotatable bonds is 8. The van der Waals surface area contributed by atoms with Gasteiger partial charge in [-0.15, -0.1) is 5.10 Å². The minimum Gasteiger partial charge on any atom is -0.471 e. The first kappa shape index (κ1) is 21.0. The Morgan fingerprint density at radius 3 is 2.87 bits per heavy atom. The fraction of sp³-hybridized carbons (Fsp3) is 0.273. The molecule has 0 aliphatic carbocycles. The van der Waals surface area contributed by atoms with Gasteiger partial charge in [-0.05, 0) is 49.7 Å². The van der Waals surface area contributed by atoms with E-state index in [1.165, 1.54) is 0 Å². The molecule has 8 nitrogen and oxygen atoms in total. The van der Waals surface area contributed by atoms with Crippen molar-refractivity contribution in [3.63, 3.8) is 0 Å². The van der Waals surface area contributed by atoms with Crippen molar-refractivity contribution in [1.82, 2.24) is 9.55 Å². The van der Waals surface area contributed by atoms with Crippen LogP contribution in [0.3, 0.4) is 0 Å². The third kappa shape index (κ3) is 4.82. The van der Waals surface area contributed by atoms with Crippen molar-refractivity contribution in [2.75, 3.05) is 11.9 Å². The van der Waals surface area contributed by atoms with Gasteiger partial charge in [0.2, 0.25) is 5.90 Å². The van der Waals surface area contributed by atoms with Gasteiger partial charge in [-0.2, -0.15) is 10.4 Å². The molecule has 0 saturated carbocycles. The topological polar surface area (TPSA) is 108 Å². The van der Waals surface area contributed by atoms with Crippen molar-refractivity contribution in [1.29, 1.82) is 5.26 Å². The Labute approximate surface area is 175 Å². The number of hydrogen-bond donors (Lipinski definition) is 2. The van der Waals surface area contributed by atoms with Crippen molar-refractivity contribution in [3.8, 4) is 6.07 Å². The van der Waals surface area contributed by atoms with E-state index in [2.05, 4.69) is 33.3 Å². The molecule has 0 bridgehead atoms. The van der Waals surface area contributed by atoms with Crippen molar-refractivity contribution in [2.45, 2.75) is 33.0 Å². The number of ether oxygens (including phenoxy) is 1. The molecule has 1 aromatic heterocycles. The number of benzene rings is 2. The normalized spacial score (nSPS) is 11.5. The number of aromatic nitrogens is 2. The van der Waals surface area contributed by atoms with Crippen molar-refractivity contribution in [3.05, 3.63) is 59.4 Å². The number of anilines is 1. The molecular formula is C22H24N6O2. The van der Waals surface area contributed by atoms with Crippen LogP contribution >= 0.6 is 0 Å². The molecule has 0 fully saturated rings. The lowest BCUT2D eigenvalue weighted by Crippen LogP contribution is -2.12. The summed E-state index contributed by atoms with van der Waals surface area (Å²) in [5.74, 6) is 0.281. The average Bonchev–Trinajstić information content (AvgIpc) is 3.13. The van der Waals surface area contributed by atoms with Crippen molar-refractivity contribution < 1.29 is 9.84 Å². The smallest absolute Gasteiger partial charge is 0.241 e.